The van der Waals surface area contributed by atoms with Crippen LogP contribution in [0.3, 0.4) is 0 Å². The van der Waals surface area contributed by atoms with Crippen LogP contribution in [0.25, 0.3) is 0 Å². The van der Waals surface area contributed by atoms with Crippen LogP contribution in [0.2, 0.25) is 5.02 Å². The molecule has 0 saturated heterocycles. The Morgan fingerprint density at radius 3 is 2.86 bits per heavy atom. The van der Waals surface area contributed by atoms with Crippen molar-refractivity contribution in [1.82, 2.24) is 5.32 Å². The highest BCUT2D eigenvalue weighted by molar-refractivity contribution is 6.30. The van der Waals surface area contributed by atoms with E-state index in [0.717, 1.165) is 49.6 Å². The van der Waals surface area contributed by atoms with E-state index in [9.17, 15) is 0 Å². The molecular weight excluding hydrogens is 286 g/mol. The number of hydrogen-bond acceptors (Lipinski definition) is 3. The average molecular weight is 312 g/mol. The fourth-order valence-corrected chi connectivity index (χ4v) is 3.28. The standard InChI is InChI=1S/C17H26ClNO2/c1-4-7-19-15(16(5-2)20-3)11-13-10-14(18)9-12-6-8-21-17(12)13/h9-10,15-16,19H,4-8,11H2,1-3H3. The molecule has 118 valence electrons. The molecule has 4 heteroatoms. The molecular formula is C17H26ClNO2. The van der Waals surface area contributed by atoms with Gasteiger partial charge in [-0.25, -0.2) is 0 Å². The number of hydrogen-bond donors (Lipinski definition) is 1. The van der Waals surface area contributed by atoms with Crippen molar-refractivity contribution >= 4 is 11.6 Å². The SMILES string of the molecule is CCCNC(Cc1cc(Cl)cc2c1OCC2)C(CC)OC. The molecule has 1 aromatic carbocycles. The number of ether oxygens (including phenoxy) is 2. The summed E-state index contributed by atoms with van der Waals surface area (Å²) in [5.41, 5.74) is 2.43. The van der Waals surface area contributed by atoms with Crippen LogP contribution in [0.15, 0.2) is 12.1 Å². The van der Waals surface area contributed by atoms with E-state index in [2.05, 4.69) is 19.2 Å². The fraction of sp³-hybridized carbons (Fsp3) is 0.647. The molecule has 2 rings (SSSR count). The number of nitrogens with one attached hydrogen (secondary N) is 1. The number of rotatable bonds is 8. The summed E-state index contributed by atoms with van der Waals surface area (Å²) in [6, 6.07) is 4.34. The van der Waals surface area contributed by atoms with E-state index in [1.165, 1.54) is 11.1 Å². The third kappa shape index (κ3) is 4.12. The van der Waals surface area contributed by atoms with Gasteiger partial charge in [0.25, 0.3) is 0 Å². The predicted molar refractivity (Wildman–Crippen MR) is 87.5 cm³/mol. The minimum atomic E-state index is 0.201. The number of benzene rings is 1. The van der Waals surface area contributed by atoms with Crippen LogP contribution in [0.4, 0.5) is 0 Å². The number of methoxy groups -OCH3 is 1. The fourth-order valence-electron chi connectivity index (χ4n) is 3.01. The molecule has 2 atom stereocenters. The van der Waals surface area contributed by atoms with E-state index < -0.39 is 0 Å². The lowest BCUT2D eigenvalue weighted by Gasteiger charge is -2.27. The summed E-state index contributed by atoms with van der Waals surface area (Å²) in [5, 5.41) is 4.41. The predicted octanol–water partition coefficient (Wildman–Crippen LogP) is 3.61. The Hall–Kier alpha value is -0.770. The molecule has 1 aromatic rings. The topological polar surface area (TPSA) is 30.5 Å². The molecule has 0 aromatic heterocycles. The van der Waals surface area contributed by atoms with Gasteiger partial charge in [-0.1, -0.05) is 25.4 Å². The Balaban J connectivity index is 2.19. The molecule has 0 fully saturated rings. The molecule has 3 nitrogen and oxygen atoms in total. The monoisotopic (exact) mass is 311 g/mol. The van der Waals surface area contributed by atoms with E-state index in [1.807, 2.05) is 12.1 Å². The van der Waals surface area contributed by atoms with Crippen molar-refractivity contribution in [3.8, 4) is 5.75 Å². The normalized spacial score (nSPS) is 16.4. The molecule has 0 spiro atoms. The number of halogens is 1. The second-order valence-corrected chi connectivity index (χ2v) is 6.04. The maximum absolute atomic E-state index is 6.26. The van der Waals surface area contributed by atoms with E-state index in [4.69, 9.17) is 21.1 Å². The van der Waals surface area contributed by atoms with E-state index in [0.29, 0.717) is 0 Å². The molecule has 0 radical (unpaired) electrons. The van der Waals surface area contributed by atoms with Gasteiger partial charge in [0.1, 0.15) is 5.75 Å². The van der Waals surface area contributed by atoms with Gasteiger partial charge >= 0.3 is 0 Å². The Morgan fingerprint density at radius 1 is 1.38 bits per heavy atom. The minimum absolute atomic E-state index is 0.201. The number of fused-ring (bicyclic) bond motifs is 1. The van der Waals surface area contributed by atoms with Crippen LogP contribution in [0.1, 0.15) is 37.8 Å². The summed E-state index contributed by atoms with van der Waals surface area (Å²) in [5.74, 6) is 1.04. The van der Waals surface area contributed by atoms with Crippen LogP contribution < -0.4 is 10.1 Å². The van der Waals surface area contributed by atoms with Crippen LogP contribution in [0, 0.1) is 0 Å². The smallest absolute Gasteiger partial charge is 0.125 e. The molecule has 0 aliphatic carbocycles. The van der Waals surface area contributed by atoms with Gasteiger partial charge in [-0.2, -0.15) is 0 Å². The van der Waals surface area contributed by atoms with Gasteiger partial charge in [-0.05, 0) is 49.1 Å². The second-order valence-electron chi connectivity index (χ2n) is 5.60. The summed E-state index contributed by atoms with van der Waals surface area (Å²) < 4.78 is 11.5. The van der Waals surface area contributed by atoms with E-state index in [-0.39, 0.29) is 12.1 Å². The highest BCUT2D eigenvalue weighted by Gasteiger charge is 2.24. The van der Waals surface area contributed by atoms with Gasteiger partial charge < -0.3 is 14.8 Å². The maximum atomic E-state index is 6.26. The molecule has 1 N–H and O–H groups in total. The van der Waals surface area contributed by atoms with Gasteiger partial charge in [0, 0.05) is 24.6 Å². The first-order chi connectivity index (χ1) is 10.2. The summed E-state index contributed by atoms with van der Waals surface area (Å²) in [6.45, 7) is 6.09. The summed E-state index contributed by atoms with van der Waals surface area (Å²) >= 11 is 6.26. The summed E-state index contributed by atoms with van der Waals surface area (Å²) in [6.07, 6.45) is 4.14. The Morgan fingerprint density at radius 2 is 2.19 bits per heavy atom. The van der Waals surface area contributed by atoms with Gasteiger partial charge in [0.15, 0.2) is 0 Å². The molecule has 1 aliphatic rings. The minimum Gasteiger partial charge on any atom is -0.493 e. The first-order valence-corrected chi connectivity index (χ1v) is 8.27. The quantitative estimate of drug-likeness (QED) is 0.795. The van der Waals surface area contributed by atoms with Crippen LogP contribution >= 0.6 is 11.6 Å². The van der Waals surface area contributed by atoms with Gasteiger partial charge in [-0.15, -0.1) is 0 Å². The van der Waals surface area contributed by atoms with Gasteiger partial charge in [-0.3, -0.25) is 0 Å². The first-order valence-electron chi connectivity index (χ1n) is 7.89. The zero-order valence-electron chi connectivity index (χ0n) is 13.2. The molecule has 2 unspecified atom stereocenters. The van der Waals surface area contributed by atoms with Crippen molar-refractivity contribution in [2.75, 3.05) is 20.3 Å². The summed E-state index contributed by atoms with van der Waals surface area (Å²) in [4.78, 5) is 0. The second kappa shape index (κ2) is 8.02. The molecule has 1 heterocycles. The highest BCUT2D eigenvalue weighted by atomic mass is 35.5. The van der Waals surface area contributed by atoms with Crippen LogP contribution in [-0.4, -0.2) is 32.4 Å². The molecule has 0 amide bonds. The lowest BCUT2D eigenvalue weighted by Crippen LogP contribution is -2.42. The van der Waals surface area contributed by atoms with E-state index in [1.54, 1.807) is 7.11 Å². The highest BCUT2D eigenvalue weighted by Crippen LogP contribution is 2.34. The van der Waals surface area contributed by atoms with Crippen LogP contribution in [-0.2, 0) is 17.6 Å². The Labute approximate surface area is 133 Å². The van der Waals surface area contributed by atoms with Gasteiger partial charge in [0.05, 0.1) is 12.7 Å². The molecule has 21 heavy (non-hydrogen) atoms. The van der Waals surface area contributed by atoms with Gasteiger partial charge in [0.2, 0.25) is 0 Å². The molecule has 0 saturated carbocycles. The van der Waals surface area contributed by atoms with Crippen molar-refractivity contribution in [2.24, 2.45) is 0 Å². The lowest BCUT2D eigenvalue weighted by atomic mass is 9.97. The van der Waals surface area contributed by atoms with Crippen molar-refractivity contribution in [3.63, 3.8) is 0 Å². The largest absolute Gasteiger partial charge is 0.493 e. The zero-order chi connectivity index (χ0) is 15.2. The average Bonchev–Trinajstić information content (AvgIpc) is 2.93. The van der Waals surface area contributed by atoms with Crippen molar-refractivity contribution < 1.29 is 9.47 Å². The van der Waals surface area contributed by atoms with Crippen molar-refractivity contribution in [1.29, 1.82) is 0 Å². The third-order valence-corrected chi connectivity index (χ3v) is 4.29. The molecule has 1 aliphatic heterocycles. The Bertz CT molecular complexity index is 460. The Kier molecular flexibility index (Phi) is 6.34. The van der Waals surface area contributed by atoms with E-state index >= 15 is 0 Å². The van der Waals surface area contributed by atoms with Crippen LogP contribution in [0.5, 0.6) is 5.75 Å². The maximum Gasteiger partial charge on any atom is 0.125 e. The summed E-state index contributed by atoms with van der Waals surface area (Å²) in [7, 11) is 1.79. The zero-order valence-corrected chi connectivity index (χ0v) is 14.0. The molecule has 0 bridgehead atoms. The van der Waals surface area contributed by atoms with Crippen molar-refractivity contribution in [3.05, 3.63) is 28.3 Å². The van der Waals surface area contributed by atoms with Crippen molar-refractivity contribution in [2.45, 2.75) is 51.7 Å². The third-order valence-electron chi connectivity index (χ3n) is 4.08. The first kappa shape index (κ1) is 16.6. The lowest BCUT2D eigenvalue weighted by molar-refractivity contribution is 0.0651.